The Balaban J connectivity index is 2.13. The van der Waals surface area contributed by atoms with E-state index in [4.69, 9.17) is 9.47 Å². The molecule has 110 valence electrons. The molecule has 4 nitrogen and oxygen atoms in total. The molecule has 2 rings (SSSR count). The van der Waals surface area contributed by atoms with Crippen molar-refractivity contribution in [1.82, 2.24) is 0 Å². The van der Waals surface area contributed by atoms with Gasteiger partial charge in [-0.3, -0.25) is 4.79 Å². The van der Waals surface area contributed by atoms with Gasteiger partial charge in [-0.2, -0.15) is 0 Å². The zero-order chi connectivity index (χ0) is 15.1. The molecule has 0 heterocycles. The zero-order valence-electron chi connectivity index (χ0n) is 12.3. The number of amides is 1. The Morgan fingerprint density at radius 1 is 1.10 bits per heavy atom. The van der Waals surface area contributed by atoms with Gasteiger partial charge in [-0.25, -0.2) is 0 Å². The van der Waals surface area contributed by atoms with Crippen molar-refractivity contribution >= 4 is 11.6 Å². The smallest absolute Gasteiger partial charge is 0.255 e. The minimum Gasteiger partial charge on any atom is -0.489 e. The van der Waals surface area contributed by atoms with E-state index < -0.39 is 0 Å². The number of anilines is 1. The molecule has 0 fully saturated rings. The molecule has 4 heteroatoms. The lowest BCUT2D eigenvalue weighted by Crippen LogP contribution is -2.13. The molecule has 0 saturated carbocycles. The van der Waals surface area contributed by atoms with Crippen LogP contribution in [0.3, 0.4) is 0 Å². The van der Waals surface area contributed by atoms with Crippen molar-refractivity contribution in [2.24, 2.45) is 0 Å². The molecule has 2 aromatic rings. The SMILES string of the molecule is COCCOc1cc(C)ccc1NC(=O)c1ccccc1. The molecule has 21 heavy (non-hydrogen) atoms. The standard InChI is InChI=1S/C17H19NO3/c1-13-8-9-15(16(12-13)21-11-10-20-2)18-17(19)14-6-4-3-5-7-14/h3-9,12H,10-11H2,1-2H3,(H,18,19). The summed E-state index contributed by atoms with van der Waals surface area (Å²) in [5.41, 5.74) is 2.34. The summed E-state index contributed by atoms with van der Waals surface area (Å²) >= 11 is 0. The Morgan fingerprint density at radius 3 is 2.57 bits per heavy atom. The Morgan fingerprint density at radius 2 is 1.86 bits per heavy atom. The van der Waals surface area contributed by atoms with E-state index in [0.29, 0.717) is 30.2 Å². The third-order valence-electron chi connectivity index (χ3n) is 2.97. The fourth-order valence-corrected chi connectivity index (χ4v) is 1.87. The van der Waals surface area contributed by atoms with Crippen molar-refractivity contribution in [3.63, 3.8) is 0 Å². The third-order valence-corrected chi connectivity index (χ3v) is 2.97. The Hall–Kier alpha value is -2.33. The molecule has 0 bridgehead atoms. The van der Waals surface area contributed by atoms with Crippen LogP contribution in [-0.2, 0) is 4.74 Å². The van der Waals surface area contributed by atoms with Gasteiger partial charge in [0.15, 0.2) is 0 Å². The second-order valence-corrected chi connectivity index (χ2v) is 4.66. The molecule has 0 spiro atoms. The summed E-state index contributed by atoms with van der Waals surface area (Å²) in [4.78, 5) is 12.2. The van der Waals surface area contributed by atoms with Gasteiger partial charge in [-0.05, 0) is 36.8 Å². The topological polar surface area (TPSA) is 47.6 Å². The fourth-order valence-electron chi connectivity index (χ4n) is 1.87. The van der Waals surface area contributed by atoms with Crippen molar-refractivity contribution in [3.05, 3.63) is 59.7 Å². The molecule has 0 radical (unpaired) electrons. The minimum absolute atomic E-state index is 0.156. The van der Waals surface area contributed by atoms with Crippen molar-refractivity contribution in [2.45, 2.75) is 6.92 Å². The maximum atomic E-state index is 12.2. The van der Waals surface area contributed by atoms with Crippen molar-refractivity contribution in [3.8, 4) is 5.75 Å². The van der Waals surface area contributed by atoms with Gasteiger partial charge in [0.2, 0.25) is 0 Å². The van der Waals surface area contributed by atoms with E-state index in [0.717, 1.165) is 5.56 Å². The van der Waals surface area contributed by atoms with Gasteiger partial charge in [0.1, 0.15) is 12.4 Å². The average Bonchev–Trinajstić information content (AvgIpc) is 2.51. The number of benzene rings is 2. The molecular weight excluding hydrogens is 266 g/mol. The van der Waals surface area contributed by atoms with Crippen molar-refractivity contribution in [1.29, 1.82) is 0 Å². The van der Waals surface area contributed by atoms with Crippen LogP contribution in [0.1, 0.15) is 15.9 Å². The molecule has 1 N–H and O–H groups in total. The van der Waals surface area contributed by atoms with E-state index in [1.54, 1.807) is 19.2 Å². The number of methoxy groups -OCH3 is 1. The van der Waals surface area contributed by atoms with Gasteiger partial charge in [0, 0.05) is 12.7 Å². The zero-order valence-corrected chi connectivity index (χ0v) is 12.3. The lowest BCUT2D eigenvalue weighted by molar-refractivity contribution is 0.102. The Bertz CT molecular complexity index is 596. The summed E-state index contributed by atoms with van der Waals surface area (Å²) in [6, 6.07) is 14.8. The molecule has 0 aliphatic carbocycles. The van der Waals surface area contributed by atoms with E-state index in [2.05, 4.69) is 5.32 Å². The van der Waals surface area contributed by atoms with E-state index in [1.165, 1.54) is 0 Å². The highest BCUT2D eigenvalue weighted by Gasteiger charge is 2.10. The van der Waals surface area contributed by atoms with Gasteiger partial charge in [-0.15, -0.1) is 0 Å². The van der Waals surface area contributed by atoms with E-state index in [1.807, 2.05) is 43.3 Å². The summed E-state index contributed by atoms with van der Waals surface area (Å²) in [5.74, 6) is 0.493. The largest absolute Gasteiger partial charge is 0.489 e. The minimum atomic E-state index is -0.156. The van der Waals surface area contributed by atoms with Crippen LogP contribution in [0.15, 0.2) is 48.5 Å². The summed E-state index contributed by atoms with van der Waals surface area (Å²) in [7, 11) is 1.62. The number of hydrogen-bond donors (Lipinski definition) is 1. The first kappa shape index (κ1) is 15.1. The molecule has 0 saturated heterocycles. The number of carbonyl (C=O) groups is 1. The van der Waals surface area contributed by atoms with Crippen LogP contribution >= 0.6 is 0 Å². The molecule has 0 atom stereocenters. The lowest BCUT2D eigenvalue weighted by Gasteiger charge is -2.13. The van der Waals surface area contributed by atoms with Crippen LogP contribution in [0, 0.1) is 6.92 Å². The summed E-state index contributed by atoms with van der Waals surface area (Å²) in [6.45, 7) is 2.92. The van der Waals surface area contributed by atoms with Gasteiger partial charge in [0.25, 0.3) is 5.91 Å². The molecular formula is C17H19NO3. The fraction of sp³-hybridized carbons (Fsp3) is 0.235. The molecule has 0 aliphatic rings. The van der Waals surface area contributed by atoms with Crippen LogP contribution in [0.2, 0.25) is 0 Å². The number of ether oxygens (including phenoxy) is 2. The highest BCUT2D eigenvalue weighted by molar-refractivity contribution is 6.05. The highest BCUT2D eigenvalue weighted by atomic mass is 16.5. The van der Waals surface area contributed by atoms with Gasteiger partial charge < -0.3 is 14.8 Å². The Labute approximate surface area is 124 Å². The monoisotopic (exact) mass is 285 g/mol. The number of aryl methyl sites for hydroxylation is 1. The summed E-state index contributed by atoms with van der Waals surface area (Å²) < 4.78 is 10.6. The van der Waals surface area contributed by atoms with Gasteiger partial charge in [0.05, 0.1) is 12.3 Å². The lowest BCUT2D eigenvalue weighted by atomic mass is 10.2. The quantitative estimate of drug-likeness (QED) is 0.829. The third kappa shape index (κ3) is 4.33. The van der Waals surface area contributed by atoms with Crippen LogP contribution < -0.4 is 10.1 Å². The number of nitrogens with one attached hydrogen (secondary N) is 1. The average molecular weight is 285 g/mol. The first-order valence-corrected chi connectivity index (χ1v) is 6.79. The predicted molar refractivity (Wildman–Crippen MR) is 82.9 cm³/mol. The van der Waals surface area contributed by atoms with Crippen LogP contribution in [0.4, 0.5) is 5.69 Å². The van der Waals surface area contributed by atoms with Crippen molar-refractivity contribution in [2.75, 3.05) is 25.6 Å². The van der Waals surface area contributed by atoms with E-state index in [9.17, 15) is 4.79 Å². The number of carbonyl (C=O) groups excluding carboxylic acids is 1. The summed E-state index contributed by atoms with van der Waals surface area (Å²) in [6.07, 6.45) is 0. The van der Waals surface area contributed by atoms with E-state index in [-0.39, 0.29) is 5.91 Å². The van der Waals surface area contributed by atoms with E-state index >= 15 is 0 Å². The van der Waals surface area contributed by atoms with Crippen LogP contribution in [-0.4, -0.2) is 26.2 Å². The number of hydrogen-bond acceptors (Lipinski definition) is 3. The predicted octanol–water partition coefficient (Wildman–Crippen LogP) is 3.27. The molecule has 0 unspecified atom stereocenters. The maximum absolute atomic E-state index is 12.2. The summed E-state index contributed by atoms with van der Waals surface area (Å²) in [5, 5.41) is 2.88. The molecule has 0 aromatic heterocycles. The first-order valence-electron chi connectivity index (χ1n) is 6.79. The van der Waals surface area contributed by atoms with Gasteiger partial charge in [-0.1, -0.05) is 24.3 Å². The second-order valence-electron chi connectivity index (χ2n) is 4.66. The van der Waals surface area contributed by atoms with Crippen LogP contribution in [0.5, 0.6) is 5.75 Å². The normalized spacial score (nSPS) is 10.2. The molecule has 0 aliphatic heterocycles. The highest BCUT2D eigenvalue weighted by Crippen LogP contribution is 2.26. The first-order chi connectivity index (χ1) is 10.2. The molecule has 2 aromatic carbocycles. The van der Waals surface area contributed by atoms with Crippen molar-refractivity contribution < 1.29 is 14.3 Å². The maximum Gasteiger partial charge on any atom is 0.255 e. The van der Waals surface area contributed by atoms with Crippen LogP contribution in [0.25, 0.3) is 0 Å². The number of rotatable bonds is 6. The van der Waals surface area contributed by atoms with Gasteiger partial charge >= 0.3 is 0 Å². The molecule has 1 amide bonds. The second kappa shape index (κ2) is 7.45. The Kier molecular flexibility index (Phi) is 5.35.